The molecule has 1 amide bonds. The Morgan fingerprint density at radius 3 is 2.45 bits per heavy atom. The number of hydrazone groups is 1. The fourth-order valence-electron chi connectivity index (χ4n) is 4.59. The average Bonchev–Trinajstić information content (AvgIpc) is 2.81. The zero-order valence-electron chi connectivity index (χ0n) is 17.7. The lowest BCUT2D eigenvalue weighted by molar-refractivity contribution is -0.126. The van der Waals surface area contributed by atoms with E-state index in [1.54, 1.807) is 6.07 Å². The van der Waals surface area contributed by atoms with E-state index in [4.69, 9.17) is 11.6 Å². The Kier molecular flexibility index (Phi) is 7.36. The molecule has 0 spiro atoms. The number of benzene rings is 2. The average molecular weight is 442 g/mol. The molecule has 164 valence electrons. The number of piperidine rings is 1. The van der Waals surface area contributed by atoms with Crippen molar-refractivity contribution in [3.8, 4) is 0 Å². The predicted octanol–water partition coefficient (Wildman–Crippen LogP) is 5.52. The summed E-state index contributed by atoms with van der Waals surface area (Å²) in [6.45, 7) is 2.32. The Labute approximate surface area is 188 Å². The molecule has 2 aromatic rings. The minimum atomic E-state index is -0.320. The third-order valence-corrected chi connectivity index (χ3v) is 6.88. The number of rotatable bonds is 5. The lowest BCUT2D eigenvalue weighted by Gasteiger charge is -2.31. The molecule has 1 saturated heterocycles. The Morgan fingerprint density at radius 1 is 1.06 bits per heavy atom. The number of carbonyl (C=O) groups excluding carboxylic acids is 1. The molecule has 31 heavy (non-hydrogen) atoms. The molecule has 0 unspecified atom stereocenters. The standard InChI is InChI=1S/C25H29ClFN3O/c26-24-16-22(27)9-6-21(24)17-30-14-12-20(13-15-30)25(31)29-28-23-10-7-19(8-11-23)18-4-2-1-3-5-18/h1-6,9,16,19-20H,7-8,10-15,17H2,(H,29,31). The van der Waals surface area contributed by atoms with Crippen LogP contribution >= 0.6 is 11.6 Å². The maximum atomic E-state index is 13.2. The van der Waals surface area contributed by atoms with Crippen molar-refractivity contribution in [3.05, 3.63) is 70.5 Å². The lowest BCUT2D eigenvalue weighted by atomic mass is 9.83. The SMILES string of the molecule is O=C(NN=C1CCC(c2ccccc2)CC1)C1CCN(Cc2ccc(F)cc2Cl)CC1. The Morgan fingerprint density at radius 2 is 1.77 bits per heavy atom. The van der Waals surface area contributed by atoms with Crippen LogP contribution in [0.4, 0.5) is 4.39 Å². The van der Waals surface area contributed by atoms with E-state index in [2.05, 4.69) is 45.8 Å². The monoisotopic (exact) mass is 441 g/mol. The number of nitrogens with one attached hydrogen (secondary N) is 1. The zero-order valence-corrected chi connectivity index (χ0v) is 18.5. The van der Waals surface area contributed by atoms with Crippen molar-refractivity contribution in [1.82, 2.24) is 10.3 Å². The van der Waals surface area contributed by atoms with Gasteiger partial charge in [-0.25, -0.2) is 9.82 Å². The first-order chi connectivity index (χ1) is 15.1. The summed E-state index contributed by atoms with van der Waals surface area (Å²) in [7, 11) is 0. The fraction of sp³-hybridized carbons (Fsp3) is 0.440. The van der Waals surface area contributed by atoms with E-state index < -0.39 is 0 Å². The Balaban J connectivity index is 1.21. The lowest BCUT2D eigenvalue weighted by Crippen LogP contribution is -2.39. The van der Waals surface area contributed by atoms with E-state index in [0.717, 1.165) is 62.9 Å². The summed E-state index contributed by atoms with van der Waals surface area (Å²) in [6.07, 6.45) is 5.65. The van der Waals surface area contributed by atoms with E-state index >= 15 is 0 Å². The molecule has 2 aromatic carbocycles. The van der Waals surface area contributed by atoms with Crippen LogP contribution in [0.3, 0.4) is 0 Å². The van der Waals surface area contributed by atoms with Gasteiger partial charge in [-0.3, -0.25) is 9.69 Å². The predicted molar refractivity (Wildman–Crippen MR) is 123 cm³/mol. The van der Waals surface area contributed by atoms with Gasteiger partial charge >= 0.3 is 0 Å². The van der Waals surface area contributed by atoms with Crippen molar-refractivity contribution in [3.63, 3.8) is 0 Å². The number of amides is 1. The molecule has 1 aliphatic carbocycles. The van der Waals surface area contributed by atoms with Gasteiger partial charge in [-0.1, -0.05) is 48.0 Å². The summed E-state index contributed by atoms with van der Waals surface area (Å²) in [5, 5.41) is 4.90. The van der Waals surface area contributed by atoms with Gasteiger partial charge < -0.3 is 0 Å². The van der Waals surface area contributed by atoms with Crippen molar-refractivity contribution < 1.29 is 9.18 Å². The van der Waals surface area contributed by atoms with E-state index in [1.165, 1.54) is 17.7 Å². The van der Waals surface area contributed by atoms with Gasteiger partial charge in [-0.15, -0.1) is 0 Å². The number of halogens is 2. The third kappa shape index (κ3) is 5.92. The molecule has 0 radical (unpaired) electrons. The molecule has 4 rings (SSSR count). The second-order valence-electron chi connectivity index (χ2n) is 8.63. The molecule has 6 heteroatoms. The van der Waals surface area contributed by atoms with Crippen LogP contribution in [0.25, 0.3) is 0 Å². The Bertz CT molecular complexity index is 916. The maximum Gasteiger partial charge on any atom is 0.243 e. The molecule has 0 atom stereocenters. The third-order valence-electron chi connectivity index (χ3n) is 6.53. The quantitative estimate of drug-likeness (QED) is 0.621. The van der Waals surface area contributed by atoms with Gasteiger partial charge in [0.1, 0.15) is 5.82 Å². The highest BCUT2D eigenvalue weighted by molar-refractivity contribution is 6.31. The van der Waals surface area contributed by atoms with Crippen LogP contribution in [0.1, 0.15) is 55.6 Å². The molecule has 1 aliphatic heterocycles. The molecule has 1 saturated carbocycles. The molecular formula is C25H29ClFN3O. The normalized spacial score (nSPS) is 20.5. The fourth-order valence-corrected chi connectivity index (χ4v) is 4.82. The van der Waals surface area contributed by atoms with Crippen molar-refractivity contribution in [1.29, 1.82) is 0 Å². The summed E-state index contributed by atoms with van der Waals surface area (Å²) in [5.41, 5.74) is 6.25. The number of nitrogens with zero attached hydrogens (tertiary/aromatic N) is 2. The second kappa shape index (κ2) is 10.4. The minimum absolute atomic E-state index is 0.00931. The molecule has 1 N–H and O–H groups in total. The largest absolute Gasteiger partial charge is 0.299 e. The first-order valence-electron chi connectivity index (χ1n) is 11.1. The van der Waals surface area contributed by atoms with Crippen molar-refractivity contribution >= 4 is 23.2 Å². The van der Waals surface area contributed by atoms with Gasteiger partial charge in [-0.05, 0) is 80.8 Å². The summed E-state index contributed by atoms with van der Waals surface area (Å²) >= 11 is 6.14. The Hall–Kier alpha value is -2.24. The summed E-state index contributed by atoms with van der Waals surface area (Å²) in [5.74, 6) is 0.288. The molecule has 4 nitrogen and oxygen atoms in total. The highest BCUT2D eigenvalue weighted by atomic mass is 35.5. The van der Waals surface area contributed by atoms with Crippen LogP contribution in [-0.4, -0.2) is 29.6 Å². The smallest absolute Gasteiger partial charge is 0.243 e. The van der Waals surface area contributed by atoms with Crippen LogP contribution in [0.15, 0.2) is 53.6 Å². The van der Waals surface area contributed by atoms with E-state index in [0.29, 0.717) is 17.5 Å². The maximum absolute atomic E-state index is 13.2. The first kappa shape index (κ1) is 22.0. The summed E-state index contributed by atoms with van der Waals surface area (Å²) in [4.78, 5) is 14.8. The highest BCUT2D eigenvalue weighted by Gasteiger charge is 2.26. The molecular weight excluding hydrogens is 413 g/mol. The van der Waals surface area contributed by atoms with E-state index in [1.807, 2.05) is 0 Å². The van der Waals surface area contributed by atoms with Crippen LogP contribution in [0, 0.1) is 11.7 Å². The van der Waals surface area contributed by atoms with Crippen LogP contribution in [0.5, 0.6) is 0 Å². The minimum Gasteiger partial charge on any atom is -0.299 e. The molecule has 0 aromatic heterocycles. The van der Waals surface area contributed by atoms with Crippen LogP contribution in [-0.2, 0) is 11.3 Å². The first-order valence-corrected chi connectivity index (χ1v) is 11.5. The molecule has 0 bridgehead atoms. The summed E-state index contributed by atoms with van der Waals surface area (Å²) < 4.78 is 13.2. The second-order valence-corrected chi connectivity index (χ2v) is 9.03. The van der Waals surface area contributed by atoms with Gasteiger partial charge in [0.25, 0.3) is 0 Å². The van der Waals surface area contributed by atoms with Crippen LogP contribution in [0.2, 0.25) is 5.02 Å². The number of hydrogen-bond acceptors (Lipinski definition) is 3. The molecule has 1 heterocycles. The van der Waals surface area contributed by atoms with Gasteiger partial charge in [0.2, 0.25) is 5.91 Å². The van der Waals surface area contributed by atoms with Gasteiger partial charge in [-0.2, -0.15) is 5.10 Å². The van der Waals surface area contributed by atoms with Crippen molar-refractivity contribution in [2.45, 2.75) is 51.0 Å². The number of carbonyl (C=O) groups is 1. The molecule has 2 aliphatic rings. The summed E-state index contributed by atoms with van der Waals surface area (Å²) in [6, 6.07) is 15.2. The van der Waals surface area contributed by atoms with Gasteiger partial charge in [0.15, 0.2) is 0 Å². The van der Waals surface area contributed by atoms with Gasteiger partial charge in [0.05, 0.1) is 0 Å². The van der Waals surface area contributed by atoms with E-state index in [9.17, 15) is 9.18 Å². The van der Waals surface area contributed by atoms with Crippen molar-refractivity contribution in [2.75, 3.05) is 13.1 Å². The van der Waals surface area contributed by atoms with Gasteiger partial charge in [0, 0.05) is 23.2 Å². The van der Waals surface area contributed by atoms with E-state index in [-0.39, 0.29) is 17.6 Å². The van der Waals surface area contributed by atoms with Crippen molar-refractivity contribution in [2.24, 2.45) is 11.0 Å². The topological polar surface area (TPSA) is 44.7 Å². The van der Waals surface area contributed by atoms with Crippen LogP contribution < -0.4 is 5.43 Å². The number of hydrogen-bond donors (Lipinski definition) is 1. The molecule has 2 fully saturated rings. The number of likely N-dealkylation sites (tertiary alicyclic amines) is 1. The zero-order chi connectivity index (χ0) is 21.6. The highest BCUT2D eigenvalue weighted by Crippen LogP contribution is 2.31.